The third-order valence-electron chi connectivity index (χ3n) is 2.74. The van der Waals surface area contributed by atoms with E-state index in [-0.39, 0.29) is 12.1 Å². The molecule has 0 bridgehead atoms. The van der Waals surface area contributed by atoms with Crippen LogP contribution in [-0.4, -0.2) is 24.0 Å². The molecule has 0 aliphatic heterocycles. The Labute approximate surface area is 108 Å². The Morgan fingerprint density at radius 2 is 2.06 bits per heavy atom. The van der Waals surface area contributed by atoms with E-state index in [1.165, 1.54) is 0 Å². The summed E-state index contributed by atoms with van der Waals surface area (Å²) in [6.07, 6.45) is 0. The van der Waals surface area contributed by atoms with Crippen LogP contribution in [0.3, 0.4) is 0 Å². The highest BCUT2D eigenvalue weighted by molar-refractivity contribution is 6.30. The van der Waals surface area contributed by atoms with Crippen molar-refractivity contribution in [2.75, 3.05) is 13.1 Å². The summed E-state index contributed by atoms with van der Waals surface area (Å²) in [7, 11) is 0. The van der Waals surface area contributed by atoms with Gasteiger partial charge >= 0.3 is 6.03 Å². The Balaban J connectivity index is 2.66. The quantitative estimate of drug-likeness (QED) is 0.877. The van der Waals surface area contributed by atoms with Crippen LogP contribution in [0.1, 0.15) is 32.4 Å². The van der Waals surface area contributed by atoms with Gasteiger partial charge in [-0.2, -0.15) is 0 Å². The van der Waals surface area contributed by atoms with Crippen molar-refractivity contribution in [3.8, 4) is 0 Å². The third-order valence-corrected chi connectivity index (χ3v) is 2.97. The van der Waals surface area contributed by atoms with E-state index >= 15 is 0 Å². The molecule has 0 aliphatic rings. The Bertz CT molecular complexity index is 377. The van der Waals surface area contributed by atoms with E-state index < -0.39 is 0 Å². The van der Waals surface area contributed by atoms with E-state index in [4.69, 9.17) is 11.6 Å². The van der Waals surface area contributed by atoms with E-state index in [0.29, 0.717) is 18.1 Å². The maximum Gasteiger partial charge on any atom is 0.317 e. The molecule has 1 unspecified atom stereocenters. The van der Waals surface area contributed by atoms with Gasteiger partial charge in [0.1, 0.15) is 0 Å². The van der Waals surface area contributed by atoms with Gasteiger partial charge in [-0.15, -0.1) is 0 Å². The number of urea groups is 1. The van der Waals surface area contributed by atoms with Crippen LogP contribution in [0.2, 0.25) is 5.02 Å². The molecule has 0 fully saturated rings. The Morgan fingerprint density at radius 1 is 1.41 bits per heavy atom. The van der Waals surface area contributed by atoms with Crippen LogP contribution in [0.15, 0.2) is 24.3 Å². The minimum absolute atomic E-state index is 0.0394. The van der Waals surface area contributed by atoms with Crippen LogP contribution < -0.4 is 5.32 Å². The molecule has 17 heavy (non-hydrogen) atoms. The predicted octanol–water partition coefficient (Wildman–Crippen LogP) is 3.45. The molecule has 1 aromatic carbocycles. The van der Waals surface area contributed by atoms with Gasteiger partial charge < -0.3 is 10.2 Å². The number of amides is 2. The van der Waals surface area contributed by atoms with Crippen molar-refractivity contribution >= 4 is 17.6 Å². The first-order chi connectivity index (χ1) is 8.08. The first kappa shape index (κ1) is 13.8. The smallest absolute Gasteiger partial charge is 0.317 e. The van der Waals surface area contributed by atoms with Crippen LogP contribution >= 0.6 is 11.6 Å². The minimum atomic E-state index is -0.0400. The highest BCUT2D eigenvalue weighted by Gasteiger charge is 2.13. The largest absolute Gasteiger partial charge is 0.331 e. The second-order valence-electron chi connectivity index (χ2n) is 3.90. The number of carbonyl (C=O) groups is 1. The Morgan fingerprint density at radius 3 is 2.59 bits per heavy atom. The molecule has 0 heterocycles. The fraction of sp³-hybridized carbons (Fsp3) is 0.462. The van der Waals surface area contributed by atoms with Crippen molar-refractivity contribution in [2.24, 2.45) is 0 Å². The lowest BCUT2D eigenvalue weighted by atomic mass is 10.1. The van der Waals surface area contributed by atoms with Gasteiger partial charge in [-0.1, -0.05) is 23.7 Å². The number of halogens is 1. The van der Waals surface area contributed by atoms with Crippen molar-refractivity contribution in [3.05, 3.63) is 34.9 Å². The molecular formula is C13H19ClN2O. The summed E-state index contributed by atoms with van der Waals surface area (Å²) in [5.41, 5.74) is 1.01. The molecule has 0 saturated heterocycles. The zero-order chi connectivity index (χ0) is 12.8. The molecule has 0 radical (unpaired) electrons. The second-order valence-corrected chi connectivity index (χ2v) is 4.33. The maximum absolute atomic E-state index is 11.9. The van der Waals surface area contributed by atoms with Gasteiger partial charge in [0, 0.05) is 18.1 Å². The summed E-state index contributed by atoms with van der Waals surface area (Å²) >= 11 is 5.92. The minimum Gasteiger partial charge on any atom is -0.331 e. The summed E-state index contributed by atoms with van der Waals surface area (Å²) in [4.78, 5) is 13.6. The van der Waals surface area contributed by atoms with E-state index in [1.54, 1.807) is 4.90 Å². The SMILES string of the molecule is CCN(CC)C(=O)NC(C)c1cccc(Cl)c1. The van der Waals surface area contributed by atoms with Crippen LogP contribution in [0.25, 0.3) is 0 Å². The van der Waals surface area contributed by atoms with Gasteiger partial charge in [0.15, 0.2) is 0 Å². The molecular weight excluding hydrogens is 236 g/mol. The van der Waals surface area contributed by atoms with Crippen molar-refractivity contribution in [3.63, 3.8) is 0 Å². The summed E-state index contributed by atoms with van der Waals surface area (Å²) in [6, 6.07) is 7.46. The number of rotatable bonds is 4. The van der Waals surface area contributed by atoms with Crippen LogP contribution in [0, 0.1) is 0 Å². The van der Waals surface area contributed by atoms with Crippen LogP contribution in [0.5, 0.6) is 0 Å². The van der Waals surface area contributed by atoms with Gasteiger partial charge in [-0.3, -0.25) is 0 Å². The van der Waals surface area contributed by atoms with Crippen LogP contribution in [-0.2, 0) is 0 Å². The number of benzene rings is 1. The molecule has 1 rings (SSSR count). The number of nitrogens with one attached hydrogen (secondary N) is 1. The van der Waals surface area contributed by atoms with Gasteiger partial charge in [-0.05, 0) is 38.5 Å². The predicted molar refractivity (Wildman–Crippen MR) is 71.3 cm³/mol. The van der Waals surface area contributed by atoms with Crippen LogP contribution in [0.4, 0.5) is 4.79 Å². The maximum atomic E-state index is 11.9. The number of hydrogen-bond donors (Lipinski definition) is 1. The second kappa shape index (κ2) is 6.50. The van der Waals surface area contributed by atoms with Gasteiger partial charge in [0.25, 0.3) is 0 Å². The summed E-state index contributed by atoms with van der Waals surface area (Å²) in [5, 5.41) is 3.64. The van der Waals surface area contributed by atoms with E-state index in [2.05, 4.69) is 5.32 Å². The fourth-order valence-electron chi connectivity index (χ4n) is 1.65. The molecule has 94 valence electrons. The average molecular weight is 255 g/mol. The van der Waals surface area contributed by atoms with Crippen molar-refractivity contribution < 1.29 is 4.79 Å². The number of nitrogens with zero attached hydrogens (tertiary/aromatic N) is 1. The number of carbonyl (C=O) groups excluding carboxylic acids is 1. The number of hydrogen-bond acceptors (Lipinski definition) is 1. The Kier molecular flexibility index (Phi) is 5.29. The molecule has 1 atom stereocenters. The lowest BCUT2D eigenvalue weighted by Crippen LogP contribution is -2.40. The normalized spacial score (nSPS) is 12.0. The standard InChI is InChI=1S/C13H19ClN2O/c1-4-16(5-2)13(17)15-10(3)11-7-6-8-12(14)9-11/h6-10H,4-5H2,1-3H3,(H,15,17). The van der Waals surface area contributed by atoms with E-state index in [0.717, 1.165) is 5.56 Å². The molecule has 0 saturated carbocycles. The van der Waals surface area contributed by atoms with E-state index in [1.807, 2.05) is 45.0 Å². The van der Waals surface area contributed by atoms with Crippen molar-refractivity contribution in [2.45, 2.75) is 26.8 Å². The first-order valence-electron chi connectivity index (χ1n) is 5.89. The molecule has 0 spiro atoms. The van der Waals surface area contributed by atoms with Crippen molar-refractivity contribution in [1.29, 1.82) is 0 Å². The zero-order valence-electron chi connectivity index (χ0n) is 10.5. The third kappa shape index (κ3) is 3.93. The van der Waals surface area contributed by atoms with E-state index in [9.17, 15) is 4.79 Å². The molecule has 1 N–H and O–H groups in total. The van der Waals surface area contributed by atoms with Gasteiger partial charge in [0.2, 0.25) is 0 Å². The molecule has 3 nitrogen and oxygen atoms in total. The lowest BCUT2D eigenvalue weighted by molar-refractivity contribution is 0.200. The Hall–Kier alpha value is -1.22. The monoisotopic (exact) mass is 254 g/mol. The zero-order valence-corrected chi connectivity index (χ0v) is 11.3. The van der Waals surface area contributed by atoms with Crippen molar-refractivity contribution in [1.82, 2.24) is 10.2 Å². The highest BCUT2D eigenvalue weighted by Crippen LogP contribution is 2.17. The summed E-state index contributed by atoms with van der Waals surface area (Å²) in [5.74, 6) is 0. The average Bonchev–Trinajstić information content (AvgIpc) is 2.30. The molecule has 0 aromatic heterocycles. The first-order valence-corrected chi connectivity index (χ1v) is 6.27. The summed E-state index contributed by atoms with van der Waals surface area (Å²) in [6.45, 7) is 7.31. The van der Waals surface area contributed by atoms with Gasteiger partial charge in [-0.25, -0.2) is 4.79 Å². The summed E-state index contributed by atoms with van der Waals surface area (Å²) < 4.78 is 0. The highest BCUT2D eigenvalue weighted by atomic mass is 35.5. The molecule has 0 aliphatic carbocycles. The molecule has 2 amide bonds. The van der Waals surface area contributed by atoms with Gasteiger partial charge in [0.05, 0.1) is 6.04 Å². The molecule has 4 heteroatoms. The topological polar surface area (TPSA) is 32.3 Å². The molecule has 1 aromatic rings. The fourth-order valence-corrected chi connectivity index (χ4v) is 1.85. The lowest BCUT2D eigenvalue weighted by Gasteiger charge is -2.22.